The molecule has 2 saturated heterocycles. The number of benzene rings is 2. The van der Waals surface area contributed by atoms with E-state index in [1.807, 2.05) is 24.3 Å². The molecule has 3 atom stereocenters. The van der Waals surface area contributed by atoms with Crippen molar-refractivity contribution in [2.75, 3.05) is 13.7 Å². The summed E-state index contributed by atoms with van der Waals surface area (Å²) >= 11 is 0. The van der Waals surface area contributed by atoms with Gasteiger partial charge in [0.25, 0.3) is 0 Å². The summed E-state index contributed by atoms with van der Waals surface area (Å²) in [7, 11) is 1.66. The lowest BCUT2D eigenvalue weighted by molar-refractivity contribution is -0.125. The van der Waals surface area contributed by atoms with Crippen molar-refractivity contribution in [2.45, 2.75) is 37.9 Å². The average Bonchev–Trinajstić information content (AvgIpc) is 3.29. The Hall–Kier alpha value is -2.33. The van der Waals surface area contributed by atoms with Crippen molar-refractivity contribution in [1.82, 2.24) is 10.2 Å². The van der Waals surface area contributed by atoms with Crippen molar-refractivity contribution in [3.05, 3.63) is 65.7 Å². The summed E-state index contributed by atoms with van der Waals surface area (Å²) < 4.78 is 5.26. The van der Waals surface area contributed by atoms with Crippen LogP contribution in [0, 0.1) is 5.92 Å². The molecule has 2 aromatic carbocycles. The Morgan fingerprint density at radius 2 is 2.04 bits per heavy atom. The number of hydrogen-bond donors (Lipinski definition) is 1. The molecule has 0 radical (unpaired) electrons. The van der Waals surface area contributed by atoms with Gasteiger partial charge < -0.3 is 10.1 Å². The van der Waals surface area contributed by atoms with Crippen molar-refractivity contribution < 1.29 is 9.53 Å². The van der Waals surface area contributed by atoms with Gasteiger partial charge in [0, 0.05) is 18.6 Å². The highest BCUT2D eigenvalue weighted by molar-refractivity contribution is 5.80. The minimum atomic E-state index is 0.0771. The Labute approximate surface area is 155 Å². The number of hydrogen-bond acceptors (Lipinski definition) is 3. The fourth-order valence-corrected chi connectivity index (χ4v) is 4.55. The summed E-state index contributed by atoms with van der Waals surface area (Å²) in [5.74, 6) is 1.08. The first kappa shape index (κ1) is 17.1. The second kappa shape index (κ2) is 7.50. The highest BCUT2D eigenvalue weighted by atomic mass is 16.5. The number of nitrogens with zero attached hydrogens (tertiary/aromatic N) is 1. The highest BCUT2D eigenvalue weighted by Gasteiger charge is 2.46. The Morgan fingerprint density at radius 3 is 2.85 bits per heavy atom. The molecule has 2 aromatic rings. The molecule has 4 heteroatoms. The van der Waals surface area contributed by atoms with E-state index in [9.17, 15) is 4.79 Å². The second-order valence-electron chi connectivity index (χ2n) is 7.29. The van der Waals surface area contributed by atoms with Crippen molar-refractivity contribution in [1.29, 1.82) is 0 Å². The zero-order valence-corrected chi connectivity index (χ0v) is 15.2. The Balaban J connectivity index is 1.44. The normalized spacial score (nSPS) is 25.0. The number of fused-ring (bicyclic) bond motifs is 1. The van der Waals surface area contributed by atoms with Crippen molar-refractivity contribution in [3.63, 3.8) is 0 Å². The van der Waals surface area contributed by atoms with Crippen molar-refractivity contribution in [2.24, 2.45) is 5.92 Å². The SMILES string of the molecule is COc1cccc(CNC(=O)[C@H]2C[C@@H](c3ccccc3)N3CCC[C@H]23)c1. The Bertz CT molecular complexity index is 762. The van der Waals surface area contributed by atoms with Crippen LogP contribution in [-0.2, 0) is 11.3 Å². The predicted molar refractivity (Wildman–Crippen MR) is 102 cm³/mol. The third-order valence-electron chi connectivity index (χ3n) is 5.81. The Kier molecular flexibility index (Phi) is 4.93. The van der Waals surface area contributed by atoms with Crippen LogP contribution < -0.4 is 10.1 Å². The molecule has 2 aliphatic heterocycles. The van der Waals surface area contributed by atoms with Crippen LogP contribution in [0.2, 0.25) is 0 Å². The predicted octanol–water partition coefficient (Wildman–Crippen LogP) is 3.54. The van der Waals surface area contributed by atoms with Crippen molar-refractivity contribution in [3.8, 4) is 5.75 Å². The monoisotopic (exact) mass is 350 g/mol. The largest absolute Gasteiger partial charge is 0.497 e. The lowest BCUT2D eigenvalue weighted by Crippen LogP contribution is -2.37. The summed E-state index contributed by atoms with van der Waals surface area (Å²) in [6.45, 7) is 1.65. The van der Waals surface area contributed by atoms with E-state index in [0.29, 0.717) is 18.6 Å². The van der Waals surface area contributed by atoms with Gasteiger partial charge in [-0.3, -0.25) is 9.69 Å². The Morgan fingerprint density at radius 1 is 1.19 bits per heavy atom. The third kappa shape index (κ3) is 3.34. The van der Waals surface area contributed by atoms with Gasteiger partial charge in [-0.2, -0.15) is 0 Å². The molecule has 0 spiro atoms. The molecule has 2 heterocycles. The molecule has 0 aromatic heterocycles. The molecule has 0 bridgehead atoms. The van der Waals surface area contributed by atoms with Crippen LogP contribution in [0.4, 0.5) is 0 Å². The second-order valence-corrected chi connectivity index (χ2v) is 7.29. The van der Waals surface area contributed by atoms with E-state index in [2.05, 4.69) is 40.5 Å². The zero-order chi connectivity index (χ0) is 17.9. The van der Waals surface area contributed by atoms with Gasteiger partial charge in [-0.25, -0.2) is 0 Å². The maximum atomic E-state index is 12.9. The third-order valence-corrected chi connectivity index (χ3v) is 5.81. The standard InChI is InChI=1S/C22H26N2O2/c1-26-18-10-5-7-16(13-18)15-23-22(25)19-14-21(17-8-3-2-4-9-17)24-12-6-11-20(19)24/h2-5,7-10,13,19-21H,6,11-12,14-15H2,1H3,(H,23,25)/t19-,20+,21-/m0/s1. The van der Waals surface area contributed by atoms with Crippen LogP contribution in [-0.4, -0.2) is 30.5 Å². The number of carbonyl (C=O) groups is 1. The molecule has 0 unspecified atom stereocenters. The minimum Gasteiger partial charge on any atom is -0.497 e. The molecule has 136 valence electrons. The minimum absolute atomic E-state index is 0.0771. The molecule has 2 fully saturated rings. The van der Waals surface area contributed by atoms with Gasteiger partial charge in [0.05, 0.1) is 13.0 Å². The molecule has 4 rings (SSSR count). The molecule has 1 N–H and O–H groups in total. The molecule has 1 amide bonds. The van der Waals surface area contributed by atoms with E-state index in [1.54, 1.807) is 7.11 Å². The van der Waals surface area contributed by atoms with Crippen LogP contribution in [0.3, 0.4) is 0 Å². The molecule has 2 aliphatic rings. The molecule has 4 nitrogen and oxygen atoms in total. The van der Waals surface area contributed by atoms with Gasteiger partial charge in [-0.15, -0.1) is 0 Å². The molecular weight excluding hydrogens is 324 g/mol. The number of nitrogens with one attached hydrogen (secondary N) is 1. The van der Waals surface area contributed by atoms with Gasteiger partial charge >= 0.3 is 0 Å². The fraction of sp³-hybridized carbons (Fsp3) is 0.409. The summed E-state index contributed by atoms with van der Waals surface area (Å²) in [6.07, 6.45) is 3.23. The van der Waals surface area contributed by atoms with E-state index in [0.717, 1.165) is 30.7 Å². The van der Waals surface area contributed by atoms with Crippen LogP contribution in [0.15, 0.2) is 54.6 Å². The average molecular weight is 350 g/mol. The number of rotatable bonds is 5. The van der Waals surface area contributed by atoms with Gasteiger partial charge in [-0.05, 0) is 49.1 Å². The van der Waals surface area contributed by atoms with Gasteiger partial charge in [-0.1, -0.05) is 42.5 Å². The maximum absolute atomic E-state index is 12.9. The molecular formula is C22H26N2O2. The lowest BCUT2D eigenvalue weighted by Gasteiger charge is -2.24. The highest BCUT2D eigenvalue weighted by Crippen LogP contribution is 2.44. The van der Waals surface area contributed by atoms with Crippen LogP contribution in [0.25, 0.3) is 0 Å². The summed E-state index contributed by atoms with van der Waals surface area (Å²) in [5, 5.41) is 3.16. The van der Waals surface area contributed by atoms with Crippen LogP contribution in [0.5, 0.6) is 5.75 Å². The zero-order valence-electron chi connectivity index (χ0n) is 15.2. The molecule has 0 saturated carbocycles. The summed E-state index contributed by atoms with van der Waals surface area (Å²) in [4.78, 5) is 15.5. The topological polar surface area (TPSA) is 41.6 Å². The number of methoxy groups -OCH3 is 1. The maximum Gasteiger partial charge on any atom is 0.225 e. The van der Waals surface area contributed by atoms with E-state index in [1.165, 1.54) is 12.0 Å². The fourth-order valence-electron chi connectivity index (χ4n) is 4.55. The number of amides is 1. The first-order valence-corrected chi connectivity index (χ1v) is 9.47. The van der Waals surface area contributed by atoms with Gasteiger partial charge in [0.1, 0.15) is 5.75 Å². The van der Waals surface area contributed by atoms with E-state index in [4.69, 9.17) is 4.74 Å². The first-order chi connectivity index (χ1) is 12.8. The number of ether oxygens (including phenoxy) is 1. The van der Waals surface area contributed by atoms with Crippen molar-refractivity contribution >= 4 is 5.91 Å². The summed E-state index contributed by atoms with van der Waals surface area (Å²) in [5.41, 5.74) is 2.40. The van der Waals surface area contributed by atoms with E-state index < -0.39 is 0 Å². The quantitative estimate of drug-likeness (QED) is 0.897. The molecule has 26 heavy (non-hydrogen) atoms. The van der Waals surface area contributed by atoms with Gasteiger partial charge in [0.15, 0.2) is 0 Å². The molecule has 0 aliphatic carbocycles. The van der Waals surface area contributed by atoms with Crippen LogP contribution >= 0.6 is 0 Å². The smallest absolute Gasteiger partial charge is 0.225 e. The summed E-state index contributed by atoms with van der Waals surface area (Å²) in [6, 6.07) is 19.2. The van der Waals surface area contributed by atoms with Gasteiger partial charge in [0.2, 0.25) is 5.91 Å². The van der Waals surface area contributed by atoms with E-state index in [-0.39, 0.29) is 11.8 Å². The lowest BCUT2D eigenvalue weighted by atomic mass is 9.93. The number of carbonyl (C=O) groups excluding carboxylic acids is 1. The first-order valence-electron chi connectivity index (χ1n) is 9.47. The van der Waals surface area contributed by atoms with Crippen LogP contribution in [0.1, 0.15) is 36.4 Å². The van der Waals surface area contributed by atoms with E-state index >= 15 is 0 Å².